The smallest absolute Gasteiger partial charge is 0.318 e. The molecular weight excluding hydrogens is 284 g/mol. The van der Waals surface area contributed by atoms with Gasteiger partial charge < -0.3 is 20.4 Å². The Bertz CT molecular complexity index is 462. The fourth-order valence-corrected chi connectivity index (χ4v) is 3.71. The monoisotopic (exact) mass is 298 g/mol. The van der Waals surface area contributed by atoms with Gasteiger partial charge in [0.05, 0.1) is 0 Å². The third kappa shape index (κ3) is 2.37. The molecule has 4 N–H and O–H groups in total. The molecule has 1 fully saturated rings. The number of fused-ring (bicyclic) bond motifs is 2. The van der Waals surface area contributed by atoms with Gasteiger partial charge >= 0.3 is 23.9 Å². The molecule has 114 valence electrons. The normalized spacial score (nSPS) is 30.0. The summed E-state index contributed by atoms with van der Waals surface area (Å²) in [6, 6.07) is 0. The van der Waals surface area contributed by atoms with E-state index in [1.807, 2.05) is 0 Å². The third-order valence-electron chi connectivity index (χ3n) is 4.42. The maximum absolute atomic E-state index is 11.2. The molecule has 4 unspecified atom stereocenters. The van der Waals surface area contributed by atoms with Crippen molar-refractivity contribution in [1.82, 2.24) is 0 Å². The number of allylic oxidation sites excluding steroid dienone is 2. The van der Waals surface area contributed by atoms with E-state index in [1.54, 1.807) is 12.2 Å². The van der Waals surface area contributed by atoms with Crippen LogP contribution in [0.3, 0.4) is 0 Å². The molecule has 8 heteroatoms. The quantitative estimate of drug-likeness (QED) is 0.395. The molecule has 2 aliphatic rings. The number of hydrogen-bond acceptors (Lipinski definition) is 4. The van der Waals surface area contributed by atoms with Gasteiger partial charge in [0, 0.05) is 0 Å². The Labute approximate surface area is 118 Å². The maximum atomic E-state index is 11.2. The predicted octanol–water partition coefficient (Wildman–Crippen LogP) is -0.00450. The van der Waals surface area contributed by atoms with E-state index in [0.717, 1.165) is 0 Å². The average molecular weight is 298 g/mol. The van der Waals surface area contributed by atoms with Crippen LogP contribution in [0.2, 0.25) is 0 Å². The van der Waals surface area contributed by atoms with Gasteiger partial charge in [-0.25, -0.2) is 0 Å². The van der Waals surface area contributed by atoms with Crippen LogP contribution in [0.4, 0.5) is 0 Å². The summed E-state index contributed by atoms with van der Waals surface area (Å²) in [5, 5.41) is 36.4. The van der Waals surface area contributed by atoms with Gasteiger partial charge in [-0.05, 0) is 30.1 Å². The van der Waals surface area contributed by atoms with Gasteiger partial charge in [-0.15, -0.1) is 0 Å². The van der Waals surface area contributed by atoms with Gasteiger partial charge in [0.15, 0.2) is 11.8 Å². The van der Waals surface area contributed by atoms with Crippen molar-refractivity contribution < 1.29 is 39.6 Å². The summed E-state index contributed by atoms with van der Waals surface area (Å²) in [7, 11) is 0. The standard InChI is InChI=1S/C13H14O8/c14-10(15)8(11(16)17)6-4-1-2-5(3-4)7(6)9(12(18)19)13(20)21/h1-2,4-9H,3H2,(H,14,15)(H,16,17)(H,18,19)(H,20,21). The lowest BCUT2D eigenvalue weighted by Crippen LogP contribution is -2.44. The highest BCUT2D eigenvalue weighted by molar-refractivity contribution is 5.95. The fraction of sp³-hybridized carbons (Fsp3) is 0.538. The predicted molar refractivity (Wildman–Crippen MR) is 65.2 cm³/mol. The van der Waals surface area contributed by atoms with Crippen molar-refractivity contribution in [2.75, 3.05) is 0 Å². The Morgan fingerprint density at radius 1 is 0.714 bits per heavy atom. The minimum Gasteiger partial charge on any atom is -0.481 e. The molecule has 1 saturated carbocycles. The van der Waals surface area contributed by atoms with E-state index >= 15 is 0 Å². The molecule has 2 rings (SSSR count). The molecule has 4 atom stereocenters. The molecule has 2 bridgehead atoms. The lowest BCUT2D eigenvalue weighted by molar-refractivity contribution is -0.166. The minimum absolute atomic E-state index is 0.392. The second kappa shape index (κ2) is 5.19. The average Bonchev–Trinajstić information content (AvgIpc) is 2.90. The zero-order chi connectivity index (χ0) is 15.9. The summed E-state index contributed by atoms with van der Waals surface area (Å²) in [6.45, 7) is 0. The Morgan fingerprint density at radius 3 is 1.24 bits per heavy atom. The maximum Gasteiger partial charge on any atom is 0.318 e. The molecule has 0 aliphatic heterocycles. The molecule has 0 saturated heterocycles. The van der Waals surface area contributed by atoms with E-state index in [1.165, 1.54) is 0 Å². The van der Waals surface area contributed by atoms with E-state index in [2.05, 4.69) is 0 Å². The first-order valence-corrected chi connectivity index (χ1v) is 6.35. The first kappa shape index (κ1) is 15.0. The Balaban J connectivity index is 2.45. The summed E-state index contributed by atoms with van der Waals surface area (Å²) in [5.41, 5.74) is 0. The second-order valence-corrected chi connectivity index (χ2v) is 5.41. The Kier molecular flexibility index (Phi) is 3.71. The molecule has 0 aromatic rings. The largest absolute Gasteiger partial charge is 0.481 e. The van der Waals surface area contributed by atoms with Crippen LogP contribution in [0.25, 0.3) is 0 Å². The molecule has 0 amide bonds. The van der Waals surface area contributed by atoms with E-state index in [4.69, 9.17) is 20.4 Å². The summed E-state index contributed by atoms with van der Waals surface area (Å²) < 4.78 is 0. The van der Waals surface area contributed by atoms with E-state index in [-0.39, 0.29) is 0 Å². The highest BCUT2D eigenvalue weighted by Gasteiger charge is 2.57. The lowest BCUT2D eigenvalue weighted by Gasteiger charge is -2.32. The molecule has 0 aromatic heterocycles. The first-order chi connectivity index (χ1) is 9.75. The van der Waals surface area contributed by atoms with Crippen molar-refractivity contribution in [2.45, 2.75) is 6.42 Å². The lowest BCUT2D eigenvalue weighted by atomic mass is 9.69. The number of carbonyl (C=O) groups is 4. The molecule has 8 nitrogen and oxygen atoms in total. The molecule has 2 aliphatic carbocycles. The second-order valence-electron chi connectivity index (χ2n) is 5.41. The Hall–Kier alpha value is -2.38. The Morgan fingerprint density at radius 2 is 1.00 bits per heavy atom. The highest BCUT2D eigenvalue weighted by Crippen LogP contribution is 2.54. The minimum atomic E-state index is -1.81. The van der Waals surface area contributed by atoms with Crippen LogP contribution >= 0.6 is 0 Å². The molecule has 0 heterocycles. The molecule has 0 radical (unpaired) electrons. The number of carboxylic acids is 4. The van der Waals surface area contributed by atoms with Crippen LogP contribution in [0.1, 0.15) is 6.42 Å². The number of hydrogen-bond donors (Lipinski definition) is 4. The van der Waals surface area contributed by atoms with Crippen LogP contribution in [0, 0.1) is 35.5 Å². The van der Waals surface area contributed by atoms with Gasteiger partial charge in [-0.1, -0.05) is 12.2 Å². The summed E-state index contributed by atoms with van der Waals surface area (Å²) >= 11 is 0. The van der Waals surface area contributed by atoms with Crippen molar-refractivity contribution in [1.29, 1.82) is 0 Å². The highest BCUT2D eigenvalue weighted by atomic mass is 16.4. The first-order valence-electron chi connectivity index (χ1n) is 6.35. The van der Waals surface area contributed by atoms with Gasteiger partial charge in [0.1, 0.15) is 0 Å². The van der Waals surface area contributed by atoms with Crippen molar-refractivity contribution in [3.05, 3.63) is 12.2 Å². The molecular formula is C13H14O8. The van der Waals surface area contributed by atoms with E-state index < -0.39 is 59.4 Å². The fourth-order valence-electron chi connectivity index (χ4n) is 3.71. The van der Waals surface area contributed by atoms with Crippen molar-refractivity contribution in [3.8, 4) is 0 Å². The molecule has 21 heavy (non-hydrogen) atoms. The number of carboxylic acid groups (broad SMARTS) is 4. The summed E-state index contributed by atoms with van der Waals surface area (Å²) in [5.74, 6) is -12.8. The SMILES string of the molecule is O=C(O)C(C(=O)O)C1C2C=CC(C2)C1C(C(=O)O)C(=O)O. The molecule has 0 aromatic carbocycles. The topological polar surface area (TPSA) is 149 Å². The van der Waals surface area contributed by atoms with Crippen LogP contribution < -0.4 is 0 Å². The van der Waals surface area contributed by atoms with Gasteiger partial charge in [0.2, 0.25) is 0 Å². The van der Waals surface area contributed by atoms with E-state index in [0.29, 0.717) is 6.42 Å². The van der Waals surface area contributed by atoms with Gasteiger partial charge in [-0.3, -0.25) is 19.2 Å². The van der Waals surface area contributed by atoms with Crippen LogP contribution in [-0.4, -0.2) is 44.3 Å². The van der Waals surface area contributed by atoms with Crippen LogP contribution in [0.5, 0.6) is 0 Å². The summed E-state index contributed by atoms with van der Waals surface area (Å²) in [6.07, 6.45) is 3.71. The molecule has 0 spiro atoms. The van der Waals surface area contributed by atoms with E-state index in [9.17, 15) is 19.2 Å². The van der Waals surface area contributed by atoms with Crippen molar-refractivity contribution >= 4 is 23.9 Å². The van der Waals surface area contributed by atoms with Crippen LogP contribution in [0.15, 0.2) is 12.2 Å². The van der Waals surface area contributed by atoms with Gasteiger partial charge in [0.25, 0.3) is 0 Å². The van der Waals surface area contributed by atoms with Gasteiger partial charge in [-0.2, -0.15) is 0 Å². The number of rotatable bonds is 6. The van der Waals surface area contributed by atoms with Crippen molar-refractivity contribution in [3.63, 3.8) is 0 Å². The zero-order valence-corrected chi connectivity index (χ0v) is 10.7. The van der Waals surface area contributed by atoms with Crippen molar-refractivity contribution in [2.24, 2.45) is 35.5 Å². The zero-order valence-electron chi connectivity index (χ0n) is 10.7. The summed E-state index contributed by atoms with van der Waals surface area (Å²) in [4.78, 5) is 44.8. The third-order valence-corrected chi connectivity index (χ3v) is 4.42. The number of aliphatic carboxylic acids is 4. The van der Waals surface area contributed by atoms with Crippen LogP contribution in [-0.2, 0) is 19.2 Å².